The zero-order chi connectivity index (χ0) is 25.5. The van der Waals surface area contributed by atoms with Gasteiger partial charge in [0.1, 0.15) is 11.5 Å². The second-order valence-corrected chi connectivity index (χ2v) is 9.96. The fraction of sp³-hybridized carbons (Fsp3) is 0.483. The molecule has 0 aliphatic heterocycles. The van der Waals surface area contributed by atoms with Crippen LogP contribution in [-0.2, 0) is 0 Å². The molecule has 0 bridgehead atoms. The Hall–Kier alpha value is -3.35. The van der Waals surface area contributed by atoms with Crippen LogP contribution < -0.4 is 20.1 Å². The van der Waals surface area contributed by atoms with Crippen LogP contribution >= 0.6 is 0 Å². The van der Waals surface area contributed by atoms with Crippen LogP contribution in [0, 0.1) is 0 Å². The fourth-order valence-electron chi connectivity index (χ4n) is 4.98. The summed E-state index contributed by atoms with van der Waals surface area (Å²) in [6, 6.07) is 14.8. The number of amides is 2. The molecule has 0 heterocycles. The number of carbonyl (C=O) groups excluding carboxylic acids is 3. The van der Waals surface area contributed by atoms with Gasteiger partial charge in [0.2, 0.25) is 0 Å². The van der Waals surface area contributed by atoms with Gasteiger partial charge in [0, 0.05) is 23.2 Å². The first-order valence-electron chi connectivity index (χ1n) is 13.0. The van der Waals surface area contributed by atoms with Crippen LogP contribution in [0.5, 0.6) is 11.5 Å². The lowest BCUT2D eigenvalue weighted by molar-refractivity contribution is 0.100. The van der Waals surface area contributed by atoms with E-state index in [1.54, 1.807) is 38.1 Å². The largest absolute Gasteiger partial charge is 0.490 e. The molecule has 2 aromatic rings. The Bertz CT molecular complexity index is 951. The number of benzene rings is 2. The van der Waals surface area contributed by atoms with Gasteiger partial charge in [-0.15, -0.1) is 0 Å². The monoisotopic (exact) mass is 492 g/mol. The van der Waals surface area contributed by atoms with E-state index in [-0.39, 0.29) is 41.9 Å². The number of rotatable bonds is 8. The molecule has 4 rings (SSSR count). The van der Waals surface area contributed by atoms with Gasteiger partial charge in [-0.3, -0.25) is 9.59 Å². The topological polar surface area (TPSA) is 93.7 Å². The third-order valence-corrected chi connectivity index (χ3v) is 7.15. The van der Waals surface area contributed by atoms with Crippen LogP contribution in [0.25, 0.3) is 0 Å². The van der Waals surface area contributed by atoms with E-state index in [0.29, 0.717) is 11.1 Å². The van der Waals surface area contributed by atoms with E-state index in [9.17, 15) is 14.4 Å². The molecule has 2 saturated carbocycles. The van der Waals surface area contributed by atoms with Crippen molar-refractivity contribution in [3.63, 3.8) is 0 Å². The minimum Gasteiger partial charge on any atom is -0.490 e. The van der Waals surface area contributed by atoms with Crippen LogP contribution in [0.15, 0.2) is 48.5 Å². The number of nitrogens with one attached hydrogen (secondary N) is 2. The average molecular weight is 493 g/mol. The zero-order valence-electron chi connectivity index (χ0n) is 21.1. The number of ketones is 2. The first-order chi connectivity index (χ1) is 17.4. The Labute approximate surface area is 212 Å². The summed E-state index contributed by atoms with van der Waals surface area (Å²) in [5, 5.41) is 6.27. The van der Waals surface area contributed by atoms with Crippen molar-refractivity contribution < 1.29 is 23.9 Å². The molecule has 7 heteroatoms. The molecule has 2 aliphatic carbocycles. The molecule has 36 heavy (non-hydrogen) atoms. The van der Waals surface area contributed by atoms with E-state index in [0.717, 1.165) is 62.9 Å². The van der Waals surface area contributed by atoms with Gasteiger partial charge >= 0.3 is 6.03 Å². The molecule has 192 valence electrons. The van der Waals surface area contributed by atoms with Crippen LogP contribution in [0.1, 0.15) is 85.9 Å². The Morgan fingerprint density at radius 2 is 0.917 bits per heavy atom. The SMILES string of the molecule is CC(=O)c1ccc(OC2CCC(NC(=O)NC3CCC(Oc4ccc(C(C)=O)cc4)CC3)CC2)cc1. The van der Waals surface area contributed by atoms with Crippen molar-refractivity contribution in [2.45, 2.75) is 89.5 Å². The van der Waals surface area contributed by atoms with Gasteiger partial charge in [-0.25, -0.2) is 4.79 Å². The van der Waals surface area contributed by atoms with Crippen molar-refractivity contribution >= 4 is 17.6 Å². The zero-order valence-corrected chi connectivity index (χ0v) is 21.1. The van der Waals surface area contributed by atoms with Gasteiger partial charge in [-0.1, -0.05) is 0 Å². The highest BCUT2D eigenvalue weighted by molar-refractivity contribution is 5.94. The Kier molecular flexibility index (Phi) is 8.62. The van der Waals surface area contributed by atoms with Crippen LogP contribution in [0.2, 0.25) is 0 Å². The molecule has 7 nitrogen and oxygen atoms in total. The molecule has 0 aromatic heterocycles. The van der Waals surface area contributed by atoms with Crippen molar-refractivity contribution in [3.05, 3.63) is 59.7 Å². The smallest absolute Gasteiger partial charge is 0.315 e. The summed E-state index contributed by atoms with van der Waals surface area (Å²) in [5.41, 5.74) is 1.37. The van der Waals surface area contributed by atoms with Gasteiger partial charge in [0.15, 0.2) is 11.6 Å². The lowest BCUT2D eigenvalue weighted by Gasteiger charge is -2.32. The maximum atomic E-state index is 12.6. The summed E-state index contributed by atoms with van der Waals surface area (Å²) in [4.78, 5) is 35.4. The van der Waals surface area contributed by atoms with Gasteiger partial charge < -0.3 is 20.1 Å². The van der Waals surface area contributed by atoms with Crippen molar-refractivity contribution in [3.8, 4) is 11.5 Å². The quantitative estimate of drug-likeness (QED) is 0.477. The van der Waals surface area contributed by atoms with E-state index in [1.165, 1.54) is 0 Å². The van der Waals surface area contributed by atoms with E-state index < -0.39 is 0 Å². The molecule has 2 aliphatic rings. The number of urea groups is 1. The van der Waals surface area contributed by atoms with Gasteiger partial charge in [0.25, 0.3) is 0 Å². The number of Topliss-reactive ketones (excluding diaryl/α,β-unsaturated/α-hetero) is 2. The predicted octanol–water partition coefficient (Wildman–Crippen LogP) is 5.47. The number of carbonyl (C=O) groups is 3. The minimum absolute atomic E-state index is 0.0464. The highest BCUT2D eigenvalue weighted by Crippen LogP contribution is 2.26. The average Bonchev–Trinajstić information content (AvgIpc) is 2.87. The van der Waals surface area contributed by atoms with Crippen molar-refractivity contribution in [1.82, 2.24) is 10.6 Å². The standard InChI is InChI=1S/C29H36N2O5/c1-19(32)21-3-11-25(12-4-21)35-27-15-7-23(8-16-27)30-29(34)31-24-9-17-28(18-10-24)36-26-13-5-22(6-14-26)20(2)33/h3-6,11-14,23-24,27-28H,7-10,15-18H2,1-2H3,(H2,30,31,34). The first-order valence-corrected chi connectivity index (χ1v) is 13.0. The highest BCUT2D eigenvalue weighted by Gasteiger charge is 2.27. The Balaban J connectivity index is 1.12. The molecule has 0 radical (unpaired) electrons. The van der Waals surface area contributed by atoms with Crippen LogP contribution in [0.4, 0.5) is 4.79 Å². The first kappa shape index (κ1) is 25.7. The van der Waals surface area contributed by atoms with Gasteiger partial charge in [0.05, 0.1) is 12.2 Å². The molecule has 2 fully saturated rings. The summed E-state index contributed by atoms with van der Waals surface area (Å²) >= 11 is 0. The Morgan fingerprint density at radius 3 is 1.22 bits per heavy atom. The molecule has 0 unspecified atom stereocenters. The molecule has 0 saturated heterocycles. The molecule has 0 spiro atoms. The van der Waals surface area contributed by atoms with Crippen LogP contribution in [0.3, 0.4) is 0 Å². The molecule has 2 N–H and O–H groups in total. The molecular weight excluding hydrogens is 456 g/mol. The van der Waals surface area contributed by atoms with Crippen LogP contribution in [-0.4, -0.2) is 41.9 Å². The molecule has 2 amide bonds. The number of hydrogen-bond acceptors (Lipinski definition) is 5. The maximum Gasteiger partial charge on any atom is 0.315 e. The second-order valence-electron chi connectivity index (χ2n) is 9.96. The van der Waals surface area contributed by atoms with E-state index in [2.05, 4.69) is 10.6 Å². The highest BCUT2D eigenvalue weighted by atomic mass is 16.5. The van der Waals surface area contributed by atoms with E-state index >= 15 is 0 Å². The lowest BCUT2D eigenvalue weighted by Crippen LogP contribution is -2.49. The Morgan fingerprint density at radius 1 is 0.583 bits per heavy atom. The normalized spacial score (nSPS) is 23.8. The summed E-state index contributed by atoms with van der Waals surface area (Å²) in [6.07, 6.45) is 7.32. The number of hydrogen-bond donors (Lipinski definition) is 2. The third kappa shape index (κ3) is 7.33. The number of ether oxygens (including phenoxy) is 2. The fourth-order valence-corrected chi connectivity index (χ4v) is 4.98. The van der Waals surface area contributed by atoms with Crippen molar-refractivity contribution in [2.75, 3.05) is 0 Å². The van der Waals surface area contributed by atoms with Gasteiger partial charge in [-0.2, -0.15) is 0 Å². The van der Waals surface area contributed by atoms with Crippen molar-refractivity contribution in [1.29, 1.82) is 0 Å². The van der Waals surface area contributed by atoms with Gasteiger partial charge in [-0.05, 0) is 114 Å². The second kappa shape index (κ2) is 12.1. The predicted molar refractivity (Wildman–Crippen MR) is 138 cm³/mol. The summed E-state index contributed by atoms with van der Waals surface area (Å²) in [6.45, 7) is 3.11. The third-order valence-electron chi connectivity index (χ3n) is 7.15. The summed E-state index contributed by atoms with van der Waals surface area (Å²) in [7, 11) is 0. The lowest BCUT2D eigenvalue weighted by atomic mass is 9.92. The summed E-state index contributed by atoms with van der Waals surface area (Å²) in [5.74, 6) is 1.65. The summed E-state index contributed by atoms with van der Waals surface area (Å²) < 4.78 is 12.1. The maximum absolute atomic E-state index is 12.6. The molecule has 0 atom stereocenters. The molecule has 2 aromatic carbocycles. The van der Waals surface area contributed by atoms with E-state index in [1.807, 2.05) is 24.3 Å². The molecular formula is C29H36N2O5. The minimum atomic E-state index is -0.0941. The van der Waals surface area contributed by atoms with E-state index in [4.69, 9.17) is 9.47 Å². The van der Waals surface area contributed by atoms with Crippen molar-refractivity contribution in [2.24, 2.45) is 0 Å².